The van der Waals surface area contributed by atoms with E-state index in [9.17, 15) is 9.18 Å². The van der Waals surface area contributed by atoms with Crippen molar-refractivity contribution >= 4 is 5.91 Å². The Bertz CT molecular complexity index is 660. The Morgan fingerprint density at radius 2 is 1.77 bits per heavy atom. The van der Waals surface area contributed by atoms with Gasteiger partial charge in [0.1, 0.15) is 11.6 Å². The third-order valence-corrected chi connectivity index (χ3v) is 4.19. The van der Waals surface area contributed by atoms with Crippen molar-refractivity contribution < 1.29 is 13.9 Å². The second-order valence-electron chi connectivity index (χ2n) is 5.62. The van der Waals surface area contributed by atoms with E-state index >= 15 is 0 Å². The van der Waals surface area contributed by atoms with E-state index in [1.807, 2.05) is 24.3 Å². The van der Waals surface area contributed by atoms with Gasteiger partial charge < -0.3 is 10.1 Å². The minimum atomic E-state index is -0.472. The summed E-state index contributed by atoms with van der Waals surface area (Å²) >= 11 is 0. The summed E-state index contributed by atoms with van der Waals surface area (Å²) in [5.74, 6) is 0.521. The predicted octanol–water partition coefficient (Wildman–Crippen LogP) is 3.18. The summed E-state index contributed by atoms with van der Waals surface area (Å²) < 4.78 is 18.1. The van der Waals surface area contributed by atoms with Gasteiger partial charge in [-0.25, -0.2) is 4.39 Å². The first kappa shape index (κ1) is 14.6. The molecule has 0 unspecified atom stereocenters. The zero-order chi connectivity index (χ0) is 15.6. The van der Waals surface area contributed by atoms with Crippen molar-refractivity contribution in [3.63, 3.8) is 0 Å². The zero-order valence-corrected chi connectivity index (χ0v) is 12.4. The lowest BCUT2D eigenvalue weighted by atomic mass is 9.95. The van der Waals surface area contributed by atoms with Crippen LogP contribution in [0.3, 0.4) is 0 Å². The number of carbonyl (C=O) groups is 1. The molecular weight excluding hydrogens is 281 g/mol. The smallest absolute Gasteiger partial charge is 0.230 e. The molecule has 0 heterocycles. The molecule has 0 spiro atoms. The Balaban J connectivity index is 1.65. The van der Waals surface area contributed by atoms with Gasteiger partial charge in [-0.2, -0.15) is 0 Å². The van der Waals surface area contributed by atoms with E-state index in [0.29, 0.717) is 6.54 Å². The molecule has 0 atom stereocenters. The van der Waals surface area contributed by atoms with E-state index in [1.165, 1.54) is 12.1 Å². The highest BCUT2D eigenvalue weighted by Gasteiger charge is 2.51. The number of methoxy groups -OCH3 is 1. The first-order valence-corrected chi connectivity index (χ1v) is 7.31. The van der Waals surface area contributed by atoms with E-state index in [1.54, 1.807) is 19.2 Å². The molecule has 1 saturated carbocycles. The highest BCUT2D eigenvalue weighted by molar-refractivity contribution is 5.91. The van der Waals surface area contributed by atoms with Crippen LogP contribution in [0.15, 0.2) is 48.5 Å². The quantitative estimate of drug-likeness (QED) is 0.921. The van der Waals surface area contributed by atoms with Crippen LogP contribution in [0.4, 0.5) is 4.39 Å². The van der Waals surface area contributed by atoms with E-state index in [0.717, 1.165) is 29.7 Å². The molecule has 1 fully saturated rings. The molecule has 1 aliphatic rings. The average molecular weight is 299 g/mol. The number of hydrogen-bond acceptors (Lipinski definition) is 2. The summed E-state index contributed by atoms with van der Waals surface area (Å²) in [6.45, 7) is 0.478. The van der Waals surface area contributed by atoms with E-state index in [4.69, 9.17) is 4.74 Å². The topological polar surface area (TPSA) is 38.3 Å². The number of benzene rings is 2. The van der Waals surface area contributed by atoms with Crippen LogP contribution in [0.2, 0.25) is 0 Å². The molecule has 22 heavy (non-hydrogen) atoms. The Morgan fingerprint density at radius 3 is 2.32 bits per heavy atom. The third-order valence-electron chi connectivity index (χ3n) is 4.19. The van der Waals surface area contributed by atoms with Crippen LogP contribution in [0, 0.1) is 5.82 Å². The highest BCUT2D eigenvalue weighted by atomic mass is 19.1. The molecule has 0 aromatic heterocycles. The fourth-order valence-corrected chi connectivity index (χ4v) is 2.64. The summed E-state index contributed by atoms with van der Waals surface area (Å²) in [5, 5.41) is 2.98. The van der Waals surface area contributed by atoms with Gasteiger partial charge >= 0.3 is 0 Å². The van der Waals surface area contributed by atoms with Crippen molar-refractivity contribution in [3.8, 4) is 5.75 Å². The van der Waals surface area contributed by atoms with Gasteiger partial charge in [-0.05, 0) is 48.2 Å². The molecule has 1 amide bonds. The number of nitrogens with one attached hydrogen (secondary N) is 1. The fourth-order valence-electron chi connectivity index (χ4n) is 2.64. The van der Waals surface area contributed by atoms with Crippen molar-refractivity contribution in [1.82, 2.24) is 5.32 Å². The minimum absolute atomic E-state index is 0.00919. The number of hydrogen-bond donors (Lipinski definition) is 1. The lowest BCUT2D eigenvalue weighted by Crippen LogP contribution is -2.34. The number of carbonyl (C=O) groups excluding carboxylic acids is 1. The number of halogens is 1. The molecule has 2 aromatic carbocycles. The van der Waals surface area contributed by atoms with Crippen molar-refractivity contribution in [2.75, 3.05) is 7.11 Å². The maximum atomic E-state index is 13.0. The molecule has 3 rings (SSSR count). The normalized spacial score (nSPS) is 15.2. The van der Waals surface area contributed by atoms with Gasteiger partial charge in [0.2, 0.25) is 5.91 Å². The van der Waals surface area contributed by atoms with Crippen LogP contribution in [0.25, 0.3) is 0 Å². The first-order chi connectivity index (χ1) is 10.6. The second kappa shape index (κ2) is 5.79. The molecule has 4 heteroatoms. The molecule has 0 saturated heterocycles. The molecule has 2 aromatic rings. The average Bonchev–Trinajstić information content (AvgIpc) is 3.35. The Labute approximate surface area is 129 Å². The van der Waals surface area contributed by atoms with Gasteiger partial charge in [0.25, 0.3) is 0 Å². The summed E-state index contributed by atoms with van der Waals surface area (Å²) in [4.78, 5) is 12.5. The van der Waals surface area contributed by atoms with Crippen molar-refractivity contribution in [2.45, 2.75) is 24.8 Å². The maximum Gasteiger partial charge on any atom is 0.230 e. The SMILES string of the molecule is COc1ccc(CNC(=O)C2(c3ccc(F)cc3)CC2)cc1. The molecule has 114 valence electrons. The lowest BCUT2D eigenvalue weighted by Gasteiger charge is -2.16. The van der Waals surface area contributed by atoms with Crippen molar-refractivity contribution in [1.29, 1.82) is 0 Å². The van der Waals surface area contributed by atoms with Gasteiger partial charge in [0.05, 0.1) is 12.5 Å². The summed E-state index contributed by atoms with van der Waals surface area (Å²) in [5.41, 5.74) is 1.44. The zero-order valence-electron chi connectivity index (χ0n) is 12.4. The van der Waals surface area contributed by atoms with Gasteiger partial charge in [-0.15, -0.1) is 0 Å². The molecule has 0 radical (unpaired) electrons. The van der Waals surface area contributed by atoms with E-state index in [2.05, 4.69) is 5.32 Å². The number of ether oxygens (including phenoxy) is 1. The van der Waals surface area contributed by atoms with Gasteiger partial charge in [-0.3, -0.25) is 4.79 Å². The highest BCUT2D eigenvalue weighted by Crippen LogP contribution is 2.48. The molecular formula is C18H18FNO2. The van der Waals surface area contributed by atoms with E-state index < -0.39 is 5.41 Å². The van der Waals surface area contributed by atoms with Gasteiger partial charge in [0, 0.05) is 6.54 Å². The summed E-state index contributed by atoms with van der Waals surface area (Å²) in [6.07, 6.45) is 1.63. The van der Waals surface area contributed by atoms with Crippen LogP contribution in [-0.4, -0.2) is 13.0 Å². The maximum absolute atomic E-state index is 13.0. The number of amides is 1. The third kappa shape index (κ3) is 2.82. The standard InChI is InChI=1S/C18H18FNO2/c1-22-16-8-2-13(3-9-16)12-20-17(21)18(10-11-18)14-4-6-15(19)7-5-14/h2-9H,10-12H2,1H3,(H,20,21). The van der Waals surface area contributed by atoms with E-state index in [-0.39, 0.29) is 11.7 Å². The Kier molecular flexibility index (Phi) is 3.84. The molecule has 1 aliphatic carbocycles. The second-order valence-corrected chi connectivity index (χ2v) is 5.62. The summed E-state index contributed by atoms with van der Waals surface area (Å²) in [6, 6.07) is 13.8. The summed E-state index contributed by atoms with van der Waals surface area (Å²) in [7, 11) is 1.62. The monoisotopic (exact) mass is 299 g/mol. The van der Waals surface area contributed by atoms with Crippen LogP contribution < -0.4 is 10.1 Å². The van der Waals surface area contributed by atoms with Crippen molar-refractivity contribution in [2.24, 2.45) is 0 Å². The van der Waals surface area contributed by atoms with Crippen LogP contribution in [0.1, 0.15) is 24.0 Å². The largest absolute Gasteiger partial charge is 0.497 e. The van der Waals surface area contributed by atoms with Gasteiger partial charge in [0.15, 0.2) is 0 Å². The fraction of sp³-hybridized carbons (Fsp3) is 0.278. The van der Waals surface area contributed by atoms with Crippen LogP contribution >= 0.6 is 0 Å². The van der Waals surface area contributed by atoms with Gasteiger partial charge in [-0.1, -0.05) is 24.3 Å². The Hall–Kier alpha value is -2.36. The van der Waals surface area contributed by atoms with Crippen LogP contribution in [-0.2, 0) is 16.8 Å². The molecule has 0 aliphatic heterocycles. The predicted molar refractivity (Wildman–Crippen MR) is 82.2 cm³/mol. The molecule has 3 nitrogen and oxygen atoms in total. The van der Waals surface area contributed by atoms with Crippen LogP contribution in [0.5, 0.6) is 5.75 Å². The Morgan fingerprint density at radius 1 is 1.14 bits per heavy atom. The minimum Gasteiger partial charge on any atom is -0.497 e. The first-order valence-electron chi connectivity index (χ1n) is 7.31. The number of rotatable bonds is 5. The van der Waals surface area contributed by atoms with Crippen molar-refractivity contribution in [3.05, 3.63) is 65.5 Å². The molecule has 0 bridgehead atoms. The molecule has 1 N–H and O–H groups in total. The lowest BCUT2D eigenvalue weighted by molar-refractivity contribution is -0.123.